The maximum atomic E-state index is 12.8. The van der Waals surface area contributed by atoms with Gasteiger partial charge in [-0.05, 0) is 43.1 Å². The van der Waals surface area contributed by atoms with Gasteiger partial charge in [-0.2, -0.15) is 5.01 Å². The molecule has 1 aliphatic carbocycles. The maximum Gasteiger partial charge on any atom is 0.344 e. The van der Waals surface area contributed by atoms with E-state index in [0.717, 1.165) is 29.8 Å². The Bertz CT molecular complexity index is 833. The van der Waals surface area contributed by atoms with Gasteiger partial charge in [0.05, 0.1) is 5.92 Å². The van der Waals surface area contributed by atoms with Crippen molar-refractivity contribution in [3.8, 4) is 0 Å². The van der Waals surface area contributed by atoms with Crippen LogP contribution in [0.3, 0.4) is 0 Å². The third kappa shape index (κ3) is 4.89. The molecule has 31 heavy (non-hydrogen) atoms. The topological polar surface area (TPSA) is 105 Å². The molecule has 2 aliphatic rings. The van der Waals surface area contributed by atoms with E-state index in [9.17, 15) is 19.2 Å². The van der Waals surface area contributed by atoms with Crippen LogP contribution in [0.4, 0.5) is 4.79 Å². The molecule has 1 aliphatic heterocycles. The minimum atomic E-state index is -0.942. The zero-order chi connectivity index (χ0) is 22.6. The number of hydrogen-bond acceptors (Lipinski definition) is 5. The van der Waals surface area contributed by atoms with E-state index in [1.165, 1.54) is 0 Å². The number of hydrogen-bond donors (Lipinski definition) is 2. The number of urea groups is 1. The van der Waals surface area contributed by atoms with E-state index >= 15 is 0 Å². The second kappa shape index (κ2) is 9.49. The highest BCUT2D eigenvalue weighted by Gasteiger charge is 2.52. The summed E-state index contributed by atoms with van der Waals surface area (Å²) < 4.78 is 5.25. The van der Waals surface area contributed by atoms with Gasteiger partial charge in [0.25, 0.3) is 11.8 Å². The van der Waals surface area contributed by atoms with Gasteiger partial charge in [-0.25, -0.2) is 4.79 Å². The zero-order valence-electron chi connectivity index (χ0n) is 18.3. The molecule has 0 radical (unpaired) electrons. The Balaban J connectivity index is 1.58. The number of amides is 4. The van der Waals surface area contributed by atoms with Gasteiger partial charge in [0, 0.05) is 0 Å². The van der Waals surface area contributed by atoms with Gasteiger partial charge in [-0.3, -0.25) is 19.8 Å². The summed E-state index contributed by atoms with van der Waals surface area (Å²) in [5.41, 5.74) is 2.18. The average Bonchev–Trinajstić information content (AvgIpc) is 2.99. The van der Waals surface area contributed by atoms with Crippen molar-refractivity contribution in [3.63, 3.8) is 0 Å². The number of nitrogens with zero attached hydrogens (tertiary/aromatic N) is 1. The molecule has 1 aromatic rings. The van der Waals surface area contributed by atoms with Crippen molar-refractivity contribution in [1.82, 2.24) is 15.8 Å². The number of esters is 1. The van der Waals surface area contributed by atoms with Crippen LogP contribution in [-0.2, 0) is 19.1 Å². The highest BCUT2D eigenvalue weighted by Crippen LogP contribution is 2.35. The first kappa shape index (κ1) is 22.8. The molecule has 1 saturated carbocycles. The molecule has 1 spiro atoms. The van der Waals surface area contributed by atoms with Crippen LogP contribution in [0.25, 0.3) is 0 Å². The summed E-state index contributed by atoms with van der Waals surface area (Å²) in [6.45, 7) is 5.49. The van der Waals surface area contributed by atoms with Gasteiger partial charge >= 0.3 is 12.0 Å². The van der Waals surface area contributed by atoms with E-state index in [1.807, 2.05) is 44.2 Å². The van der Waals surface area contributed by atoms with E-state index in [2.05, 4.69) is 17.7 Å². The Labute approximate surface area is 182 Å². The van der Waals surface area contributed by atoms with Crippen molar-refractivity contribution in [1.29, 1.82) is 0 Å². The molecule has 0 bridgehead atoms. The smallest absolute Gasteiger partial charge is 0.344 e. The lowest BCUT2D eigenvalue weighted by molar-refractivity contribution is -0.153. The van der Waals surface area contributed by atoms with Crippen LogP contribution in [0.2, 0.25) is 0 Å². The fraction of sp³-hybridized carbons (Fsp3) is 0.565. The van der Waals surface area contributed by atoms with Gasteiger partial charge in [0.15, 0.2) is 6.61 Å². The lowest BCUT2D eigenvalue weighted by Gasteiger charge is -2.33. The van der Waals surface area contributed by atoms with E-state index in [4.69, 9.17) is 4.74 Å². The van der Waals surface area contributed by atoms with Crippen LogP contribution in [0.1, 0.15) is 64.4 Å². The summed E-state index contributed by atoms with van der Waals surface area (Å²) in [6.07, 6.45) is 3.54. The first-order chi connectivity index (χ1) is 14.8. The number of benzene rings is 1. The first-order valence-electron chi connectivity index (χ1n) is 10.9. The maximum absolute atomic E-state index is 12.8. The summed E-state index contributed by atoms with van der Waals surface area (Å²) in [7, 11) is 0. The van der Waals surface area contributed by atoms with Crippen molar-refractivity contribution in [3.05, 3.63) is 35.9 Å². The molecule has 8 heteroatoms. The van der Waals surface area contributed by atoms with Crippen molar-refractivity contribution < 1.29 is 23.9 Å². The summed E-state index contributed by atoms with van der Waals surface area (Å²) in [4.78, 5) is 50.2. The first-order valence-corrected chi connectivity index (χ1v) is 10.9. The van der Waals surface area contributed by atoms with Gasteiger partial charge in [-0.15, -0.1) is 0 Å². The van der Waals surface area contributed by atoms with Gasteiger partial charge < -0.3 is 10.1 Å². The second-order valence-electron chi connectivity index (χ2n) is 8.75. The number of carbonyl (C=O) groups is 4. The molecule has 0 aromatic heterocycles. The third-order valence-electron chi connectivity index (χ3n) is 6.50. The molecule has 1 saturated heterocycles. The molecule has 4 amide bonds. The Morgan fingerprint density at radius 2 is 1.87 bits per heavy atom. The monoisotopic (exact) mass is 429 g/mol. The molecule has 0 unspecified atom stereocenters. The fourth-order valence-electron chi connectivity index (χ4n) is 4.29. The number of carbonyl (C=O) groups excluding carboxylic acids is 4. The van der Waals surface area contributed by atoms with E-state index in [1.54, 1.807) is 0 Å². The lowest BCUT2D eigenvalue weighted by atomic mass is 9.77. The third-order valence-corrected chi connectivity index (χ3v) is 6.50. The Hall–Kier alpha value is -2.90. The van der Waals surface area contributed by atoms with Crippen molar-refractivity contribution in [2.75, 3.05) is 6.61 Å². The average molecular weight is 430 g/mol. The second-order valence-corrected chi connectivity index (χ2v) is 8.75. The molecular weight excluding hydrogens is 398 g/mol. The number of nitrogens with one attached hydrogen (secondary N) is 2. The highest BCUT2D eigenvalue weighted by atomic mass is 16.5. The molecule has 1 heterocycles. The number of hydrazine groups is 1. The van der Waals surface area contributed by atoms with E-state index in [-0.39, 0.29) is 5.92 Å². The summed E-state index contributed by atoms with van der Waals surface area (Å²) >= 11 is 0. The largest absolute Gasteiger partial charge is 0.455 e. The number of ether oxygens (including phenoxy) is 1. The number of imide groups is 1. The van der Waals surface area contributed by atoms with Gasteiger partial charge in [-0.1, -0.05) is 57.5 Å². The molecule has 2 N–H and O–H groups in total. The standard InChI is InChI=1S/C23H31N3O5/c1-4-16(3)19(17-8-6-5-7-9-17)20(28)31-14-18(27)25-26-21(29)23(24-22(26)30)12-10-15(2)11-13-23/h5-9,15-16,19H,4,10-14H2,1-3H3,(H,24,30)(H,25,27)/t15?,16-,19+,23?/m0/s1. The SMILES string of the molecule is CC[C@H](C)[C@@H](C(=O)OCC(=O)NN1C(=O)NC2(CCC(C)CC2)C1=O)c1ccccc1. The minimum Gasteiger partial charge on any atom is -0.455 e. The lowest BCUT2D eigenvalue weighted by Crippen LogP contribution is -2.52. The van der Waals surface area contributed by atoms with Crippen LogP contribution in [0.5, 0.6) is 0 Å². The van der Waals surface area contributed by atoms with E-state index in [0.29, 0.717) is 18.8 Å². The van der Waals surface area contributed by atoms with Gasteiger partial charge in [0.1, 0.15) is 5.54 Å². The van der Waals surface area contributed by atoms with Crippen molar-refractivity contribution >= 4 is 23.8 Å². The fourth-order valence-corrected chi connectivity index (χ4v) is 4.29. The molecule has 3 rings (SSSR count). The highest BCUT2D eigenvalue weighted by molar-refractivity contribution is 6.08. The zero-order valence-corrected chi connectivity index (χ0v) is 18.3. The molecule has 2 fully saturated rings. The Kier molecular flexibility index (Phi) is 6.97. The predicted molar refractivity (Wildman–Crippen MR) is 113 cm³/mol. The van der Waals surface area contributed by atoms with Crippen LogP contribution >= 0.6 is 0 Å². The predicted octanol–water partition coefficient (Wildman–Crippen LogP) is 2.89. The molecule has 2 atom stereocenters. The quantitative estimate of drug-likeness (QED) is 0.512. The molecule has 168 valence electrons. The molecule has 8 nitrogen and oxygen atoms in total. The molecular formula is C23H31N3O5. The van der Waals surface area contributed by atoms with Crippen LogP contribution < -0.4 is 10.7 Å². The van der Waals surface area contributed by atoms with Crippen LogP contribution in [0, 0.1) is 11.8 Å². The van der Waals surface area contributed by atoms with Crippen molar-refractivity contribution in [2.45, 2.75) is 64.3 Å². The summed E-state index contributed by atoms with van der Waals surface area (Å²) in [5, 5.41) is 3.45. The van der Waals surface area contributed by atoms with Crippen molar-refractivity contribution in [2.24, 2.45) is 11.8 Å². The Morgan fingerprint density at radius 1 is 1.23 bits per heavy atom. The molecule has 1 aromatic carbocycles. The normalized spacial score (nSPS) is 25.1. The number of rotatable bonds is 7. The Morgan fingerprint density at radius 3 is 2.48 bits per heavy atom. The van der Waals surface area contributed by atoms with Crippen LogP contribution in [0.15, 0.2) is 30.3 Å². The minimum absolute atomic E-state index is 0.0254. The van der Waals surface area contributed by atoms with E-state index < -0.39 is 41.9 Å². The van der Waals surface area contributed by atoms with Crippen LogP contribution in [-0.4, -0.2) is 41.0 Å². The summed E-state index contributed by atoms with van der Waals surface area (Å²) in [5.74, 6) is -1.66. The summed E-state index contributed by atoms with van der Waals surface area (Å²) in [6, 6.07) is 8.63. The van der Waals surface area contributed by atoms with Gasteiger partial charge in [0.2, 0.25) is 0 Å².